The van der Waals surface area contributed by atoms with Gasteiger partial charge in [-0.3, -0.25) is 13.9 Å². The zero-order valence-corrected chi connectivity index (χ0v) is 24.6. The first-order valence-electron chi connectivity index (χ1n) is 12.5. The topological polar surface area (TPSA) is 86.8 Å². The lowest BCUT2D eigenvalue weighted by molar-refractivity contribution is -0.141. The monoisotopic (exact) mass is 589 g/mol. The number of nitrogens with one attached hydrogen (secondary N) is 1. The maximum atomic E-state index is 13.7. The van der Waals surface area contributed by atoms with E-state index in [0.717, 1.165) is 17.4 Å². The van der Waals surface area contributed by atoms with Crippen molar-refractivity contribution in [3.8, 4) is 0 Å². The van der Waals surface area contributed by atoms with E-state index < -0.39 is 16.1 Å². The Kier molecular flexibility index (Phi) is 10.8. The second-order valence-corrected chi connectivity index (χ2v) is 12.0. The molecular formula is C29H33Cl2N3O4S. The highest BCUT2D eigenvalue weighted by Crippen LogP contribution is 2.28. The Morgan fingerprint density at radius 3 is 2.18 bits per heavy atom. The zero-order valence-electron chi connectivity index (χ0n) is 22.2. The molecule has 3 rings (SSSR count). The van der Waals surface area contributed by atoms with Crippen LogP contribution in [0.15, 0.2) is 72.8 Å². The van der Waals surface area contributed by atoms with Crippen molar-refractivity contribution in [2.24, 2.45) is 0 Å². The maximum Gasteiger partial charge on any atom is 0.242 e. The average molecular weight is 591 g/mol. The number of hydrogen-bond donors (Lipinski definition) is 1. The molecule has 0 aliphatic heterocycles. The summed E-state index contributed by atoms with van der Waals surface area (Å²) >= 11 is 12.9. The lowest BCUT2D eigenvalue weighted by Crippen LogP contribution is -2.50. The molecule has 3 aromatic rings. The molecule has 0 saturated carbocycles. The van der Waals surface area contributed by atoms with Crippen LogP contribution < -0.4 is 9.62 Å². The number of hydrogen-bond acceptors (Lipinski definition) is 4. The predicted octanol–water partition coefficient (Wildman–Crippen LogP) is 5.23. The molecule has 0 aromatic heterocycles. The third-order valence-electron chi connectivity index (χ3n) is 6.35. The van der Waals surface area contributed by atoms with Crippen molar-refractivity contribution in [3.63, 3.8) is 0 Å². The van der Waals surface area contributed by atoms with Crippen molar-refractivity contribution in [3.05, 3.63) is 99.5 Å². The summed E-state index contributed by atoms with van der Waals surface area (Å²) in [6.07, 6.45) is 1.69. The van der Waals surface area contributed by atoms with Gasteiger partial charge in [0.05, 0.1) is 11.9 Å². The number of carbonyl (C=O) groups is 2. The standard InChI is InChI=1S/C29H33Cl2N3O4S/c1-21-10-7-13-23(18-21)34(39(3,37)38)17-9-16-28(35)33(20-24-25(30)14-8-15-26(24)31)27(29(36)32-2)19-22-11-5-4-6-12-22/h4-8,10-15,18,27H,9,16-17,19-20H2,1-3H3,(H,32,36). The Balaban J connectivity index is 1.89. The molecule has 0 saturated heterocycles. The van der Waals surface area contributed by atoms with Crippen LogP contribution in [0, 0.1) is 6.92 Å². The van der Waals surface area contributed by atoms with Gasteiger partial charge in [0, 0.05) is 48.6 Å². The highest BCUT2D eigenvalue weighted by atomic mass is 35.5. The van der Waals surface area contributed by atoms with E-state index >= 15 is 0 Å². The Hall–Kier alpha value is -3.07. The molecule has 0 fully saturated rings. The lowest BCUT2D eigenvalue weighted by atomic mass is 10.0. The number of benzene rings is 3. The Bertz CT molecular complexity index is 1380. The Morgan fingerprint density at radius 1 is 0.949 bits per heavy atom. The van der Waals surface area contributed by atoms with E-state index in [0.29, 0.717) is 21.3 Å². The van der Waals surface area contributed by atoms with E-state index in [2.05, 4.69) is 5.32 Å². The van der Waals surface area contributed by atoms with E-state index in [-0.39, 0.29) is 44.2 Å². The number of amides is 2. The van der Waals surface area contributed by atoms with Gasteiger partial charge in [-0.15, -0.1) is 0 Å². The summed E-state index contributed by atoms with van der Waals surface area (Å²) in [6.45, 7) is 2.02. The van der Waals surface area contributed by atoms with Crippen LogP contribution in [0.25, 0.3) is 0 Å². The summed E-state index contributed by atoms with van der Waals surface area (Å²) in [5.41, 5.74) is 2.89. The van der Waals surface area contributed by atoms with Gasteiger partial charge in [0.25, 0.3) is 0 Å². The molecule has 0 heterocycles. The number of likely N-dealkylation sites (N-methyl/N-ethyl adjacent to an activating group) is 1. The molecule has 1 atom stereocenters. The van der Waals surface area contributed by atoms with Gasteiger partial charge >= 0.3 is 0 Å². The first-order chi connectivity index (χ1) is 18.5. The zero-order chi connectivity index (χ0) is 28.6. The molecule has 0 spiro atoms. The van der Waals surface area contributed by atoms with Crippen molar-refractivity contribution >= 4 is 50.7 Å². The van der Waals surface area contributed by atoms with Crippen LogP contribution in [-0.2, 0) is 32.6 Å². The van der Waals surface area contributed by atoms with Crippen molar-refractivity contribution in [1.82, 2.24) is 10.2 Å². The van der Waals surface area contributed by atoms with Crippen LogP contribution in [-0.4, -0.2) is 51.0 Å². The second kappa shape index (κ2) is 13.8. The van der Waals surface area contributed by atoms with Gasteiger partial charge in [0.15, 0.2) is 0 Å². The van der Waals surface area contributed by atoms with Crippen molar-refractivity contribution in [1.29, 1.82) is 0 Å². The minimum Gasteiger partial charge on any atom is -0.357 e. The first-order valence-corrected chi connectivity index (χ1v) is 15.1. The summed E-state index contributed by atoms with van der Waals surface area (Å²) in [6, 6.07) is 20.9. The number of rotatable bonds is 12. The van der Waals surface area contributed by atoms with Crippen molar-refractivity contribution in [2.45, 2.75) is 38.8 Å². The van der Waals surface area contributed by atoms with Crippen LogP contribution in [0.4, 0.5) is 5.69 Å². The van der Waals surface area contributed by atoms with Gasteiger partial charge in [-0.2, -0.15) is 0 Å². The molecule has 1 unspecified atom stereocenters. The molecule has 0 aliphatic carbocycles. The number of halogens is 2. The number of nitrogens with zero attached hydrogens (tertiary/aromatic N) is 2. The van der Waals surface area contributed by atoms with Crippen LogP contribution in [0.3, 0.4) is 0 Å². The van der Waals surface area contributed by atoms with E-state index in [9.17, 15) is 18.0 Å². The SMILES string of the molecule is CNC(=O)C(Cc1ccccc1)N(Cc1c(Cl)cccc1Cl)C(=O)CCCN(c1cccc(C)c1)S(C)(=O)=O. The molecule has 0 bridgehead atoms. The molecule has 0 radical (unpaired) electrons. The Morgan fingerprint density at radius 2 is 1.59 bits per heavy atom. The molecule has 10 heteroatoms. The van der Waals surface area contributed by atoms with Crippen molar-refractivity contribution in [2.75, 3.05) is 24.2 Å². The smallest absolute Gasteiger partial charge is 0.242 e. The molecule has 2 amide bonds. The second-order valence-electron chi connectivity index (χ2n) is 9.32. The minimum absolute atomic E-state index is 0.0161. The molecular weight excluding hydrogens is 557 g/mol. The summed E-state index contributed by atoms with van der Waals surface area (Å²) in [5, 5.41) is 3.45. The number of sulfonamides is 1. The lowest BCUT2D eigenvalue weighted by Gasteiger charge is -2.32. The molecule has 39 heavy (non-hydrogen) atoms. The van der Waals surface area contributed by atoms with E-state index in [4.69, 9.17) is 23.2 Å². The van der Waals surface area contributed by atoms with Crippen LogP contribution in [0.5, 0.6) is 0 Å². The fraction of sp³-hybridized carbons (Fsp3) is 0.310. The third kappa shape index (κ3) is 8.46. The van der Waals surface area contributed by atoms with Crippen LogP contribution in [0.2, 0.25) is 10.0 Å². The Labute approximate surface area is 240 Å². The third-order valence-corrected chi connectivity index (χ3v) is 8.25. The minimum atomic E-state index is -3.58. The molecule has 7 nitrogen and oxygen atoms in total. The number of carbonyl (C=O) groups excluding carboxylic acids is 2. The normalized spacial score (nSPS) is 12.0. The summed E-state index contributed by atoms with van der Waals surface area (Å²) in [4.78, 5) is 28.3. The highest BCUT2D eigenvalue weighted by molar-refractivity contribution is 7.92. The molecule has 3 aromatic carbocycles. The molecule has 0 aliphatic rings. The summed E-state index contributed by atoms with van der Waals surface area (Å²) < 4.78 is 26.4. The maximum absolute atomic E-state index is 13.7. The van der Waals surface area contributed by atoms with Gasteiger partial charge in [-0.25, -0.2) is 8.42 Å². The molecule has 208 valence electrons. The van der Waals surface area contributed by atoms with Gasteiger partial charge in [-0.05, 0) is 48.7 Å². The quantitative estimate of drug-likeness (QED) is 0.313. The van der Waals surface area contributed by atoms with Gasteiger partial charge in [0.2, 0.25) is 21.8 Å². The van der Waals surface area contributed by atoms with E-state index in [1.807, 2.05) is 43.3 Å². The van der Waals surface area contributed by atoms with Crippen LogP contribution in [0.1, 0.15) is 29.5 Å². The summed E-state index contributed by atoms with van der Waals surface area (Å²) in [7, 11) is -2.05. The number of aryl methyl sites for hydroxylation is 1. The van der Waals surface area contributed by atoms with Gasteiger partial charge in [-0.1, -0.05) is 71.7 Å². The average Bonchev–Trinajstić information content (AvgIpc) is 2.89. The van der Waals surface area contributed by atoms with E-state index in [1.54, 1.807) is 36.4 Å². The summed E-state index contributed by atoms with van der Waals surface area (Å²) in [5.74, 6) is -0.638. The van der Waals surface area contributed by atoms with Crippen molar-refractivity contribution < 1.29 is 18.0 Å². The van der Waals surface area contributed by atoms with Crippen LogP contribution >= 0.6 is 23.2 Å². The predicted molar refractivity (Wildman–Crippen MR) is 158 cm³/mol. The first kappa shape index (κ1) is 30.5. The largest absolute Gasteiger partial charge is 0.357 e. The highest BCUT2D eigenvalue weighted by Gasteiger charge is 2.31. The number of anilines is 1. The van der Waals surface area contributed by atoms with Gasteiger partial charge < -0.3 is 10.2 Å². The fourth-order valence-corrected chi connectivity index (χ4v) is 5.84. The van der Waals surface area contributed by atoms with E-state index in [1.165, 1.54) is 16.3 Å². The van der Waals surface area contributed by atoms with Gasteiger partial charge in [0.1, 0.15) is 6.04 Å². The molecule has 1 N–H and O–H groups in total. The fourth-order valence-electron chi connectivity index (χ4n) is 4.36.